The van der Waals surface area contributed by atoms with E-state index in [1.165, 1.54) is 12.8 Å². The van der Waals surface area contributed by atoms with Crippen molar-refractivity contribution < 1.29 is 4.74 Å². The zero-order valence-electron chi connectivity index (χ0n) is 15.2. The molecule has 2 aromatic rings. The van der Waals surface area contributed by atoms with Crippen LogP contribution in [-0.2, 0) is 4.74 Å². The van der Waals surface area contributed by atoms with Gasteiger partial charge in [0.25, 0.3) is 0 Å². The molecule has 0 saturated carbocycles. The van der Waals surface area contributed by atoms with Crippen LogP contribution in [0, 0.1) is 12.8 Å². The molecule has 0 radical (unpaired) electrons. The molecule has 1 aliphatic heterocycles. The monoisotopic (exact) mass is 328 g/mol. The molecule has 24 heavy (non-hydrogen) atoms. The van der Waals surface area contributed by atoms with E-state index in [4.69, 9.17) is 9.72 Å². The van der Waals surface area contributed by atoms with E-state index in [0.29, 0.717) is 5.92 Å². The molecule has 0 amide bonds. The van der Waals surface area contributed by atoms with Crippen molar-refractivity contribution in [2.45, 2.75) is 59.2 Å². The molecule has 1 fully saturated rings. The molecule has 0 N–H and O–H groups in total. The Bertz CT molecular complexity index is 688. The summed E-state index contributed by atoms with van der Waals surface area (Å²) < 4.78 is 6.34. The summed E-state index contributed by atoms with van der Waals surface area (Å²) in [5.74, 6) is 2.26. The first-order valence-electron chi connectivity index (χ1n) is 9.08. The van der Waals surface area contributed by atoms with Gasteiger partial charge < -0.3 is 9.64 Å². The Hall–Kier alpha value is -1.75. The number of morpholine rings is 1. The average molecular weight is 328 g/mol. The third-order valence-corrected chi connectivity index (χ3v) is 4.68. The maximum atomic E-state index is 6.34. The summed E-state index contributed by atoms with van der Waals surface area (Å²) in [6, 6.07) is 4.03. The number of anilines is 1. The number of aromatic nitrogens is 3. The normalized spacial score (nSPS) is 21.6. The van der Waals surface area contributed by atoms with Gasteiger partial charge in [0, 0.05) is 19.3 Å². The molecule has 1 saturated heterocycles. The highest BCUT2D eigenvalue weighted by Gasteiger charge is 2.31. The number of hydrogen-bond donors (Lipinski definition) is 0. The third-order valence-electron chi connectivity index (χ3n) is 4.68. The Morgan fingerprint density at radius 3 is 2.88 bits per heavy atom. The van der Waals surface area contributed by atoms with Crippen LogP contribution >= 0.6 is 0 Å². The summed E-state index contributed by atoms with van der Waals surface area (Å²) in [5, 5.41) is 1.03. The molecule has 5 heteroatoms. The van der Waals surface area contributed by atoms with Gasteiger partial charge in [-0.1, -0.05) is 33.6 Å². The second kappa shape index (κ2) is 7.43. The molecule has 0 bridgehead atoms. The highest BCUT2D eigenvalue weighted by Crippen LogP contribution is 2.28. The number of rotatable bonds is 5. The van der Waals surface area contributed by atoms with E-state index in [2.05, 4.69) is 41.7 Å². The molecule has 0 unspecified atom stereocenters. The third kappa shape index (κ3) is 3.66. The predicted octanol–water partition coefficient (Wildman–Crippen LogP) is 3.75. The topological polar surface area (TPSA) is 51.1 Å². The van der Waals surface area contributed by atoms with E-state index >= 15 is 0 Å². The number of ether oxygens (including phenoxy) is 1. The van der Waals surface area contributed by atoms with Crippen LogP contribution < -0.4 is 4.90 Å². The van der Waals surface area contributed by atoms with Gasteiger partial charge in [-0.3, -0.25) is 0 Å². The standard InChI is InChI=1S/C19H28N4O/c1-5-6-8-15-11-23(12-17(24-15)13(2)3)19-16-9-7-10-20-18(16)21-14(4)22-19/h7,9-10,13,15,17H,5-6,8,11-12H2,1-4H3/t15-,17-/m1/s1. The first kappa shape index (κ1) is 17.1. The number of fused-ring (bicyclic) bond motifs is 1. The summed E-state index contributed by atoms with van der Waals surface area (Å²) in [6.45, 7) is 10.4. The van der Waals surface area contributed by atoms with Crippen LogP contribution in [0.2, 0.25) is 0 Å². The lowest BCUT2D eigenvalue weighted by Gasteiger charge is -2.40. The molecule has 0 aliphatic carbocycles. The molecule has 3 heterocycles. The molecule has 5 nitrogen and oxygen atoms in total. The molecule has 2 atom stereocenters. The fourth-order valence-corrected chi connectivity index (χ4v) is 3.30. The molecule has 130 valence electrons. The SMILES string of the molecule is CCCC[C@@H]1CN(c2nc(C)nc3ncccc23)C[C@H](C(C)C)O1. The molecule has 0 aromatic carbocycles. The minimum Gasteiger partial charge on any atom is -0.371 e. The van der Waals surface area contributed by atoms with Crippen LogP contribution in [-0.4, -0.2) is 40.2 Å². The van der Waals surface area contributed by atoms with Gasteiger partial charge in [-0.2, -0.15) is 0 Å². The number of hydrogen-bond acceptors (Lipinski definition) is 5. The summed E-state index contributed by atoms with van der Waals surface area (Å²) in [6.07, 6.45) is 5.81. The van der Waals surface area contributed by atoms with Crippen LogP contribution in [0.3, 0.4) is 0 Å². The van der Waals surface area contributed by atoms with E-state index in [0.717, 1.165) is 42.2 Å². The molecule has 1 aliphatic rings. The van der Waals surface area contributed by atoms with Crippen molar-refractivity contribution in [2.24, 2.45) is 5.92 Å². The Balaban J connectivity index is 1.94. The van der Waals surface area contributed by atoms with E-state index in [1.807, 2.05) is 13.0 Å². The summed E-state index contributed by atoms with van der Waals surface area (Å²) in [7, 11) is 0. The zero-order valence-corrected chi connectivity index (χ0v) is 15.2. The molecule has 0 spiro atoms. The molecular weight excluding hydrogens is 300 g/mol. The van der Waals surface area contributed by atoms with Crippen LogP contribution in [0.25, 0.3) is 11.0 Å². The lowest BCUT2D eigenvalue weighted by atomic mass is 10.0. The Labute approximate surface area is 144 Å². The Kier molecular flexibility index (Phi) is 5.29. The van der Waals surface area contributed by atoms with Crippen LogP contribution in [0.1, 0.15) is 45.9 Å². The first-order valence-corrected chi connectivity index (χ1v) is 9.08. The predicted molar refractivity (Wildman–Crippen MR) is 97.3 cm³/mol. The maximum Gasteiger partial charge on any atom is 0.164 e. The smallest absolute Gasteiger partial charge is 0.164 e. The fraction of sp³-hybridized carbons (Fsp3) is 0.632. The van der Waals surface area contributed by atoms with Crippen LogP contribution in [0.15, 0.2) is 18.3 Å². The van der Waals surface area contributed by atoms with Gasteiger partial charge in [0.2, 0.25) is 0 Å². The van der Waals surface area contributed by atoms with Crippen LogP contribution in [0.4, 0.5) is 5.82 Å². The quantitative estimate of drug-likeness (QED) is 0.836. The van der Waals surface area contributed by atoms with Gasteiger partial charge in [0.1, 0.15) is 11.6 Å². The van der Waals surface area contributed by atoms with E-state index in [9.17, 15) is 0 Å². The van der Waals surface area contributed by atoms with Crippen LogP contribution in [0.5, 0.6) is 0 Å². The number of unbranched alkanes of at least 4 members (excludes halogenated alkanes) is 1. The number of pyridine rings is 1. The first-order chi connectivity index (χ1) is 11.6. The second-order valence-electron chi connectivity index (χ2n) is 7.06. The van der Waals surface area contributed by atoms with Gasteiger partial charge >= 0.3 is 0 Å². The molecule has 2 aromatic heterocycles. The van der Waals surface area contributed by atoms with Gasteiger partial charge in [0.05, 0.1) is 17.6 Å². The minimum absolute atomic E-state index is 0.239. The number of nitrogens with zero attached hydrogens (tertiary/aromatic N) is 4. The van der Waals surface area contributed by atoms with Gasteiger partial charge in [-0.15, -0.1) is 0 Å². The second-order valence-corrected chi connectivity index (χ2v) is 7.06. The van der Waals surface area contributed by atoms with Gasteiger partial charge in [-0.05, 0) is 31.4 Å². The van der Waals surface area contributed by atoms with Crippen molar-refractivity contribution in [1.82, 2.24) is 15.0 Å². The lowest BCUT2D eigenvalue weighted by Crippen LogP contribution is -2.50. The van der Waals surface area contributed by atoms with Crippen molar-refractivity contribution in [3.63, 3.8) is 0 Å². The van der Waals surface area contributed by atoms with E-state index in [1.54, 1.807) is 6.20 Å². The summed E-state index contributed by atoms with van der Waals surface area (Å²) in [4.78, 5) is 16.0. The van der Waals surface area contributed by atoms with Crippen molar-refractivity contribution in [2.75, 3.05) is 18.0 Å². The van der Waals surface area contributed by atoms with Crippen molar-refractivity contribution in [1.29, 1.82) is 0 Å². The number of aryl methyl sites for hydroxylation is 1. The zero-order chi connectivity index (χ0) is 17.1. The van der Waals surface area contributed by atoms with Crippen molar-refractivity contribution in [3.8, 4) is 0 Å². The minimum atomic E-state index is 0.239. The summed E-state index contributed by atoms with van der Waals surface area (Å²) in [5.41, 5.74) is 0.776. The Morgan fingerprint density at radius 1 is 1.29 bits per heavy atom. The van der Waals surface area contributed by atoms with Gasteiger partial charge in [-0.25, -0.2) is 15.0 Å². The highest BCUT2D eigenvalue weighted by atomic mass is 16.5. The maximum absolute atomic E-state index is 6.34. The fourth-order valence-electron chi connectivity index (χ4n) is 3.30. The van der Waals surface area contributed by atoms with Crippen molar-refractivity contribution >= 4 is 16.9 Å². The largest absolute Gasteiger partial charge is 0.371 e. The van der Waals surface area contributed by atoms with E-state index in [-0.39, 0.29) is 12.2 Å². The highest BCUT2D eigenvalue weighted by molar-refractivity contribution is 5.86. The van der Waals surface area contributed by atoms with Crippen molar-refractivity contribution in [3.05, 3.63) is 24.2 Å². The molecule has 3 rings (SSSR count). The lowest BCUT2D eigenvalue weighted by molar-refractivity contribution is -0.0520. The Morgan fingerprint density at radius 2 is 2.12 bits per heavy atom. The summed E-state index contributed by atoms with van der Waals surface area (Å²) >= 11 is 0. The van der Waals surface area contributed by atoms with Gasteiger partial charge in [0.15, 0.2) is 5.65 Å². The van der Waals surface area contributed by atoms with E-state index < -0.39 is 0 Å². The average Bonchev–Trinajstić information content (AvgIpc) is 2.58. The molecular formula is C19H28N4O.